The Morgan fingerprint density at radius 1 is 1.06 bits per heavy atom. The number of anilines is 1. The van der Waals surface area contributed by atoms with Crippen molar-refractivity contribution in [2.24, 2.45) is 0 Å². The van der Waals surface area contributed by atoms with E-state index < -0.39 is 16.1 Å². The number of carbonyl (C=O) groups excluding carboxylic acids is 2. The topological polar surface area (TPSA) is 86.8 Å². The maximum atomic E-state index is 13.3. The summed E-state index contributed by atoms with van der Waals surface area (Å²) < 4.78 is 26.3. The van der Waals surface area contributed by atoms with Gasteiger partial charge in [0.25, 0.3) is 0 Å². The van der Waals surface area contributed by atoms with Crippen LogP contribution in [0.4, 0.5) is 5.69 Å². The van der Waals surface area contributed by atoms with Gasteiger partial charge in [-0.3, -0.25) is 13.9 Å². The van der Waals surface area contributed by atoms with Crippen LogP contribution in [0.25, 0.3) is 0 Å². The molecular formula is C26H36ClN3O4S. The lowest BCUT2D eigenvalue weighted by molar-refractivity contribution is -0.140. The number of nitrogens with zero attached hydrogens (tertiary/aromatic N) is 2. The molecular weight excluding hydrogens is 486 g/mol. The molecule has 2 aromatic rings. The Balaban J connectivity index is 2.18. The molecule has 0 aliphatic rings. The van der Waals surface area contributed by atoms with Crippen molar-refractivity contribution in [2.45, 2.75) is 65.6 Å². The van der Waals surface area contributed by atoms with E-state index in [0.717, 1.165) is 18.2 Å². The largest absolute Gasteiger partial charge is 0.352 e. The van der Waals surface area contributed by atoms with Crippen LogP contribution in [0.1, 0.15) is 51.2 Å². The number of sulfonamides is 1. The zero-order chi connectivity index (χ0) is 26.2. The van der Waals surface area contributed by atoms with Crippen LogP contribution >= 0.6 is 11.6 Å². The second-order valence-electron chi connectivity index (χ2n) is 8.82. The molecule has 9 heteroatoms. The highest BCUT2D eigenvalue weighted by molar-refractivity contribution is 7.92. The van der Waals surface area contributed by atoms with Gasteiger partial charge in [0.05, 0.1) is 11.9 Å². The minimum Gasteiger partial charge on any atom is -0.352 e. The van der Waals surface area contributed by atoms with Gasteiger partial charge in [-0.1, -0.05) is 54.9 Å². The van der Waals surface area contributed by atoms with E-state index in [4.69, 9.17) is 11.6 Å². The van der Waals surface area contributed by atoms with Crippen LogP contribution in [0.3, 0.4) is 0 Å². The van der Waals surface area contributed by atoms with Gasteiger partial charge in [-0.2, -0.15) is 0 Å². The number of hydrogen-bond acceptors (Lipinski definition) is 4. The number of carbonyl (C=O) groups is 2. The maximum absolute atomic E-state index is 13.3. The third-order valence-corrected chi connectivity index (χ3v) is 7.61. The molecule has 0 bridgehead atoms. The monoisotopic (exact) mass is 521 g/mol. The molecule has 35 heavy (non-hydrogen) atoms. The second-order valence-corrected chi connectivity index (χ2v) is 11.1. The molecule has 0 aliphatic carbocycles. The molecule has 2 unspecified atom stereocenters. The van der Waals surface area contributed by atoms with Crippen LogP contribution in [0, 0.1) is 6.92 Å². The van der Waals surface area contributed by atoms with Gasteiger partial charge < -0.3 is 10.2 Å². The van der Waals surface area contributed by atoms with Crippen LogP contribution in [-0.4, -0.2) is 50.0 Å². The predicted octanol–water partition coefficient (Wildman–Crippen LogP) is 4.53. The fraction of sp³-hybridized carbons (Fsp3) is 0.462. The first-order valence-electron chi connectivity index (χ1n) is 11.8. The Hall–Kier alpha value is -2.58. The highest BCUT2D eigenvalue weighted by Crippen LogP contribution is 2.28. The van der Waals surface area contributed by atoms with E-state index >= 15 is 0 Å². The van der Waals surface area contributed by atoms with Gasteiger partial charge in [0.15, 0.2) is 0 Å². The zero-order valence-electron chi connectivity index (χ0n) is 21.1. The van der Waals surface area contributed by atoms with E-state index in [-0.39, 0.29) is 37.4 Å². The van der Waals surface area contributed by atoms with Crippen molar-refractivity contribution < 1.29 is 18.0 Å². The number of rotatable bonds is 12. The van der Waals surface area contributed by atoms with Gasteiger partial charge in [-0.05, 0) is 56.9 Å². The van der Waals surface area contributed by atoms with Gasteiger partial charge in [0.2, 0.25) is 21.8 Å². The molecule has 0 fully saturated rings. The van der Waals surface area contributed by atoms with Crippen LogP contribution in [0.5, 0.6) is 0 Å². The highest BCUT2D eigenvalue weighted by atomic mass is 35.5. The van der Waals surface area contributed by atoms with Gasteiger partial charge in [0, 0.05) is 30.6 Å². The summed E-state index contributed by atoms with van der Waals surface area (Å²) in [5.41, 5.74) is 2.07. The molecule has 192 valence electrons. The first-order valence-corrected chi connectivity index (χ1v) is 14.0. The molecule has 2 rings (SSSR count). The number of benzene rings is 2. The Morgan fingerprint density at radius 3 is 2.31 bits per heavy atom. The summed E-state index contributed by atoms with van der Waals surface area (Å²) in [5, 5.41) is 3.42. The average molecular weight is 522 g/mol. The fourth-order valence-electron chi connectivity index (χ4n) is 3.68. The highest BCUT2D eigenvalue weighted by Gasteiger charge is 2.27. The van der Waals surface area contributed by atoms with E-state index in [1.165, 1.54) is 4.31 Å². The van der Waals surface area contributed by atoms with E-state index in [2.05, 4.69) is 5.32 Å². The predicted molar refractivity (Wildman–Crippen MR) is 142 cm³/mol. The summed E-state index contributed by atoms with van der Waals surface area (Å²) >= 11 is 6.20. The minimum atomic E-state index is -3.58. The van der Waals surface area contributed by atoms with Crippen molar-refractivity contribution in [3.8, 4) is 0 Å². The summed E-state index contributed by atoms with van der Waals surface area (Å²) in [7, 11) is -3.58. The van der Waals surface area contributed by atoms with Crippen LogP contribution < -0.4 is 9.62 Å². The van der Waals surface area contributed by atoms with Gasteiger partial charge in [-0.15, -0.1) is 0 Å². The minimum absolute atomic E-state index is 0.00267. The summed E-state index contributed by atoms with van der Waals surface area (Å²) in [6, 6.07) is 13.9. The molecule has 1 N–H and O–H groups in total. The first kappa shape index (κ1) is 28.7. The Kier molecular flexibility index (Phi) is 10.6. The lowest BCUT2D eigenvalue weighted by atomic mass is 10.1. The van der Waals surface area contributed by atoms with Crippen molar-refractivity contribution in [3.05, 3.63) is 64.7 Å². The van der Waals surface area contributed by atoms with Crippen molar-refractivity contribution in [3.63, 3.8) is 0 Å². The smallest absolute Gasteiger partial charge is 0.242 e. The Bertz CT molecular complexity index is 1110. The van der Waals surface area contributed by atoms with Crippen molar-refractivity contribution >= 4 is 39.1 Å². The number of nitrogens with one attached hydrogen (secondary N) is 1. The van der Waals surface area contributed by atoms with Crippen molar-refractivity contribution in [2.75, 3.05) is 17.1 Å². The molecule has 0 aliphatic heterocycles. The third-order valence-electron chi connectivity index (χ3n) is 6.02. The van der Waals surface area contributed by atoms with E-state index in [1.54, 1.807) is 36.9 Å². The third kappa shape index (κ3) is 8.25. The van der Waals surface area contributed by atoms with Crippen LogP contribution in [0.15, 0.2) is 48.5 Å². The van der Waals surface area contributed by atoms with E-state index in [1.807, 2.05) is 44.2 Å². The Labute approximate surface area is 214 Å². The second kappa shape index (κ2) is 12.9. The van der Waals surface area contributed by atoms with Gasteiger partial charge in [-0.25, -0.2) is 8.42 Å². The molecule has 0 saturated carbocycles. The summed E-state index contributed by atoms with van der Waals surface area (Å²) in [6.45, 7) is 7.80. The number of amides is 2. The lowest BCUT2D eigenvalue weighted by Crippen LogP contribution is -2.49. The molecule has 2 atom stereocenters. The first-order chi connectivity index (χ1) is 16.5. The van der Waals surface area contributed by atoms with Crippen LogP contribution in [0.2, 0.25) is 5.02 Å². The SMILES string of the molecule is CCC(C)NC(=O)C(C)N(Cc1ccccc1)C(=O)CCCN(c1cccc(Cl)c1C)S(C)(=O)=O. The fourth-order valence-corrected chi connectivity index (χ4v) is 4.86. The molecule has 0 spiro atoms. The molecule has 0 saturated heterocycles. The van der Waals surface area contributed by atoms with Gasteiger partial charge >= 0.3 is 0 Å². The van der Waals surface area contributed by atoms with E-state index in [0.29, 0.717) is 22.7 Å². The lowest BCUT2D eigenvalue weighted by Gasteiger charge is -2.30. The average Bonchev–Trinajstić information content (AvgIpc) is 2.81. The number of hydrogen-bond donors (Lipinski definition) is 1. The summed E-state index contributed by atoms with van der Waals surface area (Å²) in [4.78, 5) is 27.7. The normalized spacial score (nSPS) is 13.1. The molecule has 2 aromatic carbocycles. The van der Waals surface area contributed by atoms with Crippen LogP contribution in [-0.2, 0) is 26.2 Å². The zero-order valence-corrected chi connectivity index (χ0v) is 22.7. The van der Waals surface area contributed by atoms with Crippen molar-refractivity contribution in [1.82, 2.24) is 10.2 Å². The quantitative estimate of drug-likeness (QED) is 0.444. The number of halogens is 1. The molecule has 7 nitrogen and oxygen atoms in total. The van der Waals surface area contributed by atoms with Crippen molar-refractivity contribution in [1.29, 1.82) is 0 Å². The van der Waals surface area contributed by atoms with E-state index in [9.17, 15) is 18.0 Å². The molecule has 0 heterocycles. The standard InChI is InChI=1S/C26H36ClN3O4S/c1-6-19(2)28-26(32)21(4)29(18-22-12-8-7-9-13-22)25(31)16-11-17-30(35(5,33)34)24-15-10-14-23(27)20(24)3/h7-10,12-15,19,21H,6,11,16-18H2,1-5H3,(H,28,32). The Morgan fingerprint density at radius 2 is 1.71 bits per heavy atom. The molecule has 2 amide bonds. The molecule has 0 radical (unpaired) electrons. The summed E-state index contributed by atoms with van der Waals surface area (Å²) in [5.74, 6) is -0.423. The van der Waals surface area contributed by atoms with Gasteiger partial charge in [0.1, 0.15) is 6.04 Å². The maximum Gasteiger partial charge on any atom is 0.242 e. The summed E-state index contributed by atoms with van der Waals surface area (Å²) in [6.07, 6.45) is 2.32. The molecule has 0 aromatic heterocycles.